The Balaban J connectivity index is 2.34. The maximum absolute atomic E-state index is 11.8. The summed E-state index contributed by atoms with van der Waals surface area (Å²) in [6.45, 7) is 0.141. The molecule has 1 amide bonds. The Morgan fingerprint density at radius 3 is 2.68 bits per heavy atom. The quantitative estimate of drug-likeness (QED) is 0.877. The Hall–Kier alpha value is -1.59. The third-order valence-corrected chi connectivity index (χ3v) is 3.49. The molecular weight excluding hydrogens is 270 g/mol. The number of aliphatic hydroxyl groups is 1. The summed E-state index contributed by atoms with van der Waals surface area (Å²) in [6.07, 6.45) is -0.950. The number of carbonyl (C=O) groups is 2. The average molecular weight is 284 g/mol. The van der Waals surface area contributed by atoms with Gasteiger partial charge in [-0.25, -0.2) is 0 Å². The molecule has 0 spiro atoms. The molecule has 0 radical (unpaired) electrons. The fraction of sp³-hybridized carbons (Fsp3) is 0.385. The zero-order valence-electron chi connectivity index (χ0n) is 10.1. The van der Waals surface area contributed by atoms with Crippen LogP contribution in [0.4, 0.5) is 0 Å². The van der Waals surface area contributed by atoms with Crippen LogP contribution in [0.15, 0.2) is 24.3 Å². The van der Waals surface area contributed by atoms with Gasteiger partial charge in [-0.3, -0.25) is 9.59 Å². The summed E-state index contributed by atoms with van der Waals surface area (Å²) in [4.78, 5) is 24.2. The Morgan fingerprint density at radius 1 is 1.47 bits per heavy atom. The van der Waals surface area contributed by atoms with Gasteiger partial charge >= 0.3 is 5.97 Å². The first kappa shape index (κ1) is 13.8. The third kappa shape index (κ3) is 3.05. The van der Waals surface area contributed by atoms with Crippen molar-refractivity contribution < 1.29 is 19.8 Å². The molecular formula is C13H14ClNO4. The van der Waals surface area contributed by atoms with E-state index in [1.165, 1.54) is 4.90 Å². The number of carbonyl (C=O) groups excluding carboxylic acids is 1. The first-order chi connectivity index (χ1) is 8.99. The molecule has 2 N–H and O–H groups in total. The predicted octanol–water partition coefficient (Wildman–Crippen LogP) is 1.45. The Labute approximate surface area is 115 Å². The predicted molar refractivity (Wildman–Crippen MR) is 68.8 cm³/mol. The highest BCUT2D eigenvalue weighted by atomic mass is 35.5. The van der Waals surface area contributed by atoms with Crippen LogP contribution in [-0.2, 0) is 9.59 Å². The lowest BCUT2D eigenvalue weighted by atomic mass is 10.0. The summed E-state index contributed by atoms with van der Waals surface area (Å²) in [7, 11) is 0. The van der Waals surface area contributed by atoms with Gasteiger partial charge in [0.25, 0.3) is 0 Å². The van der Waals surface area contributed by atoms with Crippen LogP contribution >= 0.6 is 11.6 Å². The van der Waals surface area contributed by atoms with E-state index in [0.717, 1.165) is 0 Å². The third-order valence-electron chi connectivity index (χ3n) is 3.15. The van der Waals surface area contributed by atoms with Crippen LogP contribution in [0.1, 0.15) is 24.4 Å². The molecule has 102 valence electrons. The summed E-state index contributed by atoms with van der Waals surface area (Å²) >= 11 is 6.07. The number of benzene rings is 1. The molecule has 0 saturated carbocycles. The van der Waals surface area contributed by atoms with Gasteiger partial charge in [0, 0.05) is 11.6 Å². The number of nitrogens with zero attached hydrogens (tertiary/aromatic N) is 1. The fourth-order valence-electron chi connectivity index (χ4n) is 2.31. The van der Waals surface area contributed by atoms with Crippen LogP contribution in [0, 0.1) is 0 Å². The van der Waals surface area contributed by atoms with Crippen molar-refractivity contribution >= 4 is 23.5 Å². The van der Waals surface area contributed by atoms with E-state index in [4.69, 9.17) is 16.7 Å². The lowest BCUT2D eigenvalue weighted by molar-refractivity contribution is -0.139. The zero-order valence-corrected chi connectivity index (χ0v) is 10.9. The summed E-state index contributed by atoms with van der Waals surface area (Å²) in [5.74, 6) is -1.27. The summed E-state index contributed by atoms with van der Waals surface area (Å²) in [5, 5.41) is 19.0. The molecule has 1 heterocycles. The maximum atomic E-state index is 11.8. The van der Waals surface area contributed by atoms with Gasteiger partial charge in [0.1, 0.15) is 0 Å². The first-order valence-corrected chi connectivity index (χ1v) is 6.30. The van der Waals surface area contributed by atoms with Crippen molar-refractivity contribution in [2.45, 2.75) is 25.0 Å². The number of likely N-dealkylation sites (tertiary alicyclic amines) is 1. The molecule has 5 nitrogen and oxygen atoms in total. The van der Waals surface area contributed by atoms with Crippen molar-refractivity contribution in [2.24, 2.45) is 0 Å². The van der Waals surface area contributed by atoms with Gasteiger partial charge in [-0.15, -0.1) is 0 Å². The number of amides is 1. The van der Waals surface area contributed by atoms with E-state index >= 15 is 0 Å². The van der Waals surface area contributed by atoms with Crippen LogP contribution in [0.5, 0.6) is 0 Å². The largest absolute Gasteiger partial charge is 0.481 e. The SMILES string of the molecule is O=C(O)CC(c1ccccc1Cl)N1CC(O)CC1=O. The lowest BCUT2D eigenvalue weighted by Gasteiger charge is -2.27. The minimum atomic E-state index is -1.01. The van der Waals surface area contributed by atoms with Crippen LogP contribution in [0.3, 0.4) is 0 Å². The van der Waals surface area contributed by atoms with Crippen molar-refractivity contribution in [2.75, 3.05) is 6.54 Å². The molecule has 2 unspecified atom stereocenters. The normalized spacial score (nSPS) is 20.6. The number of aliphatic hydroxyl groups excluding tert-OH is 1. The Bertz CT molecular complexity index is 505. The fourth-order valence-corrected chi connectivity index (χ4v) is 2.57. The van der Waals surface area contributed by atoms with Crippen LogP contribution in [0.25, 0.3) is 0 Å². The smallest absolute Gasteiger partial charge is 0.305 e. The second kappa shape index (κ2) is 5.59. The molecule has 0 bridgehead atoms. The molecule has 0 aromatic heterocycles. The second-order valence-corrected chi connectivity index (χ2v) is 4.95. The summed E-state index contributed by atoms with van der Waals surface area (Å²) in [6, 6.07) is 6.20. The van der Waals surface area contributed by atoms with E-state index in [0.29, 0.717) is 10.6 Å². The average Bonchev–Trinajstić information content (AvgIpc) is 2.66. The number of β-amino-alcohol motifs (C(OH)–C–C–N with tert-alkyl or cyclic N) is 1. The molecule has 1 fully saturated rings. The van der Waals surface area contributed by atoms with Gasteiger partial charge in [0.05, 0.1) is 25.0 Å². The summed E-state index contributed by atoms with van der Waals surface area (Å²) < 4.78 is 0. The van der Waals surface area contributed by atoms with Crippen LogP contribution in [0.2, 0.25) is 5.02 Å². The molecule has 1 saturated heterocycles. The second-order valence-electron chi connectivity index (χ2n) is 4.54. The molecule has 2 atom stereocenters. The molecule has 1 aromatic carbocycles. The number of carboxylic acid groups (broad SMARTS) is 1. The number of rotatable bonds is 4. The minimum Gasteiger partial charge on any atom is -0.481 e. The minimum absolute atomic E-state index is 0.0283. The van der Waals surface area contributed by atoms with Gasteiger partial charge in [-0.2, -0.15) is 0 Å². The van der Waals surface area contributed by atoms with E-state index in [1.807, 2.05) is 0 Å². The monoisotopic (exact) mass is 283 g/mol. The van der Waals surface area contributed by atoms with Crippen molar-refractivity contribution in [3.05, 3.63) is 34.9 Å². The lowest BCUT2D eigenvalue weighted by Crippen LogP contribution is -2.32. The van der Waals surface area contributed by atoms with Gasteiger partial charge in [-0.05, 0) is 11.6 Å². The Kier molecular flexibility index (Phi) is 4.07. The maximum Gasteiger partial charge on any atom is 0.305 e. The van der Waals surface area contributed by atoms with Crippen LogP contribution in [-0.4, -0.2) is 39.6 Å². The zero-order chi connectivity index (χ0) is 14.0. The summed E-state index contributed by atoms with van der Waals surface area (Å²) in [5.41, 5.74) is 0.592. The highest BCUT2D eigenvalue weighted by Gasteiger charge is 2.35. The van der Waals surface area contributed by atoms with E-state index < -0.39 is 18.1 Å². The standard InChI is InChI=1S/C13H14ClNO4/c14-10-4-2-1-3-9(10)11(6-13(18)19)15-7-8(16)5-12(15)17/h1-4,8,11,16H,5-7H2,(H,18,19). The van der Waals surface area contributed by atoms with E-state index in [9.17, 15) is 14.7 Å². The van der Waals surface area contributed by atoms with Gasteiger partial charge in [0.2, 0.25) is 5.91 Å². The van der Waals surface area contributed by atoms with Crippen molar-refractivity contribution in [3.8, 4) is 0 Å². The highest BCUT2D eigenvalue weighted by Crippen LogP contribution is 2.33. The molecule has 2 rings (SSSR count). The number of halogens is 1. The molecule has 19 heavy (non-hydrogen) atoms. The molecule has 1 aliphatic rings. The molecule has 0 aliphatic carbocycles. The number of hydrogen-bond donors (Lipinski definition) is 2. The Morgan fingerprint density at radius 2 is 2.16 bits per heavy atom. The molecule has 6 heteroatoms. The van der Waals surface area contributed by atoms with E-state index in [1.54, 1.807) is 24.3 Å². The van der Waals surface area contributed by atoms with E-state index in [2.05, 4.69) is 0 Å². The topological polar surface area (TPSA) is 77.8 Å². The van der Waals surface area contributed by atoms with Gasteiger partial charge in [0.15, 0.2) is 0 Å². The molecule has 1 aromatic rings. The van der Waals surface area contributed by atoms with Gasteiger partial charge in [-0.1, -0.05) is 29.8 Å². The van der Waals surface area contributed by atoms with Crippen molar-refractivity contribution in [1.82, 2.24) is 4.90 Å². The first-order valence-electron chi connectivity index (χ1n) is 5.92. The number of carboxylic acids is 1. The van der Waals surface area contributed by atoms with Gasteiger partial charge < -0.3 is 15.1 Å². The molecule has 1 aliphatic heterocycles. The van der Waals surface area contributed by atoms with Crippen LogP contribution < -0.4 is 0 Å². The van der Waals surface area contributed by atoms with E-state index in [-0.39, 0.29) is 25.3 Å². The van der Waals surface area contributed by atoms with Crippen molar-refractivity contribution in [1.29, 1.82) is 0 Å². The van der Waals surface area contributed by atoms with Crippen molar-refractivity contribution in [3.63, 3.8) is 0 Å². The number of hydrogen-bond acceptors (Lipinski definition) is 3. The highest BCUT2D eigenvalue weighted by molar-refractivity contribution is 6.31. The number of aliphatic carboxylic acids is 1.